The molecule has 0 amide bonds. The van der Waals surface area contributed by atoms with Crippen molar-refractivity contribution in [3.8, 4) is 0 Å². The number of ketones is 1. The number of hydrogen-bond acceptors (Lipinski definition) is 4. The highest BCUT2D eigenvalue weighted by molar-refractivity contribution is 6.09. The number of ether oxygens (including phenoxy) is 1. The number of esters is 1. The van der Waals surface area contributed by atoms with Gasteiger partial charge in [-0.05, 0) is 13.3 Å². The summed E-state index contributed by atoms with van der Waals surface area (Å²) in [4.78, 5) is 26.9. The number of carbonyl (C=O) groups is 2. The molecule has 5 heteroatoms. The van der Waals surface area contributed by atoms with E-state index in [2.05, 4.69) is 10.3 Å². The summed E-state index contributed by atoms with van der Waals surface area (Å²) in [6.45, 7) is 6.62. The van der Waals surface area contributed by atoms with Gasteiger partial charge in [-0.3, -0.25) is 4.79 Å². The van der Waals surface area contributed by atoms with E-state index in [1.54, 1.807) is 13.0 Å². The van der Waals surface area contributed by atoms with Gasteiger partial charge in [0.15, 0.2) is 0 Å². The molecule has 2 N–H and O–H groups in total. The number of carbonyl (C=O) groups excluding carboxylic acids is 2. The van der Waals surface area contributed by atoms with Crippen LogP contribution in [0, 0.1) is 6.92 Å². The quantitative estimate of drug-likeness (QED) is 0.772. The number of hydrogen-bond donors (Lipinski definition) is 2. The summed E-state index contributed by atoms with van der Waals surface area (Å²) >= 11 is 0. The first kappa shape index (κ1) is 14.4. The fourth-order valence-electron chi connectivity index (χ4n) is 2.86. The van der Waals surface area contributed by atoms with Gasteiger partial charge in [0.05, 0.1) is 18.4 Å². The second-order valence-electron chi connectivity index (χ2n) is 4.64. The Morgan fingerprint density at radius 1 is 1.40 bits per heavy atom. The van der Waals surface area contributed by atoms with Crippen LogP contribution >= 0.6 is 0 Å². The number of nitrogens with one attached hydrogen (secondary N) is 2. The van der Waals surface area contributed by atoms with Crippen molar-refractivity contribution in [2.24, 2.45) is 0 Å². The van der Waals surface area contributed by atoms with E-state index in [0.29, 0.717) is 17.0 Å². The normalized spacial score (nSPS) is 19.1. The Labute approximate surface area is 118 Å². The lowest BCUT2D eigenvalue weighted by molar-refractivity contribution is 0.0598. The Hall–Kier alpha value is -2.04. The Morgan fingerprint density at radius 2 is 2.10 bits per heavy atom. The van der Waals surface area contributed by atoms with Crippen molar-refractivity contribution < 1.29 is 14.3 Å². The number of methoxy groups -OCH3 is 1. The highest BCUT2D eigenvalue weighted by atomic mass is 16.5. The van der Waals surface area contributed by atoms with Crippen molar-refractivity contribution in [3.05, 3.63) is 34.3 Å². The Bertz CT molecular complexity index is 584. The van der Waals surface area contributed by atoms with Crippen molar-refractivity contribution in [3.63, 3.8) is 0 Å². The van der Waals surface area contributed by atoms with Gasteiger partial charge in [-0.25, -0.2) is 4.79 Å². The van der Waals surface area contributed by atoms with E-state index < -0.39 is 0 Å². The van der Waals surface area contributed by atoms with E-state index in [9.17, 15) is 9.59 Å². The van der Waals surface area contributed by atoms with Crippen LogP contribution in [0.3, 0.4) is 0 Å². The van der Waals surface area contributed by atoms with Crippen LogP contribution in [-0.4, -0.2) is 30.4 Å². The van der Waals surface area contributed by atoms with Crippen LogP contribution in [0.2, 0.25) is 0 Å². The van der Waals surface area contributed by atoms with Crippen LogP contribution in [0.15, 0.2) is 11.8 Å². The number of H-pyrrole nitrogens is 1. The van der Waals surface area contributed by atoms with Crippen LogP contribution in [0.25, 0.3) is 0 Å². The number of aryl methyl sites for hydroxylation is 1. The molecule has 0 bridgehead atoms. The maximum atomic E-state index is 12.0. The molecule has 1 aliphatic carbocycles. The summed E-state index contributed by atoms with van der Waals surface area (Å²) in [6.07, 6.45) is 2.52. The summed E-state index contributed by atoms with van der Waals surface area (Å²) in [7, 11) is 1.36. The molecule has 108 valence electrons. The second kappa shape index (κ2) is 5.53. The largest absolute Gasteiger partial charge is 0.465 e. The van der Waals surface area contributed by atoms with Gasteiger partial charge in [-0.2, -0.15) is 0 Å². The van der Waals surface area contributed by atoms with E-state index in [1.807, 2.05) is 13.8 Å². The summed E-state index contributed by atoms with van der Waals surface area (Å²) < 4.78 is 4.82. The number of rotatable bonds is 1. The van der Waals surface area contributed by atoms with E-state index in [0.717, 1.165) is 24.2 Å². The van der Waals surface area contributed by atoms with Crippen LogP contribution in [0.4, 0.5) is 0 Å². The molecule has 1 unspecified atom stereocenters. The standard InChI is InChI=1S/C13H14N2O3.C2H6/c1-6-10(13(17)18-2)11-7-3-4-14-8(7)5-9(16)12(11)15-6;1-2/h5,7,14-15H,3-4H2,1-2H3;1-2H3. The average Bonchev–Trinajstić information content (AvgIpc) is 3.04. The molecule has 0 radical (unpaired) electrons. The minimum atomic E-state index is -0.383. The van der Waals surface area contributed by atoms with Crippen molar-refractivity contribution >= 4 is 11.8 Å². The van der Waals surface area contributed by atoms with Crippen molar-refractivity contribution in [2.75, 3.05) is 13.7 Å². The number of allylic oxidation sites excluding steroid dienone is 2. The number of aromatic amines is 1. The van der Waals surface area contributed by atoms with Crippen molar-refractivity contribution in [2.45, 2.75) is 33.1 Å². The molecule has 2 aliphatic rings. The van der Waals surface area contributed by atoms with E-state index in [1.165, 1.54) is 7.11 Å². The lowest BCUT2D eigenvalue weighted by Crippen LogP contribution is -2.18. The minimum absolute atomic E-state index is 0.0797. The van der Waals surface area contributed by atoms with E-state index >= 15 is 0 Å². The third kappa shape index (κ3) is 2.03. The van der Waals surface area contributed by atoms with Gasteiger partial charge in [0.2, 0.25) is 5.78 Å². The van der Waals surface area contributed by atoms with Gasteiger partial charge in [0.1, 0.15) is 0 Å². The molecule has 1 atom stereocenters. The van der Waals surface area contributed by atoms with Crippen LogP contribution < -0.4 is 5.32 Å². The Morgan fingerprint density at radius 3 is 2.75 bits per heavy atom. The third-order valence-corrected chi connectivity index (χ3v) is 3.63. The molecular weight excluding hydrogens is 256 g/mol. The molecule has 0 aromatic carbocycles. The SMILES string of the molecule is CC.COC(=O)c1c(C)[nH]c2c1C1CCNC1=CC2=O. The van der Waals surface area contributed by atoms with Gasteiger partial charge in [-0.15, -0.1) is 0 Å². The summed E-state index contributed by atoms with van der Waals surface area (Å²) in [5, 5.41) is 3.20. The fourth-order valence-corrected chi connectivity index (χ4v) is 2.86. The molecule has 0 saturated carbocycles. The predicted molar refractivity (Wildman–Crippen MR) is 76.0 cm³/mol. The molecule has 1 saturated heterocycles. The van der Waals surface area contributed by atoms with Crippen LogP contribution in [0.5, 0.6) is 0 Å². The van der Waals surface area contributed by atoms with E-state index in [-0.39, 0.29) is 17.7 Å². The van der Waals surface area contributed by atoms with E-state index in [4.69, 9.17) is 4.74 Å². The smallest absolute Gasteiger partial charge is 0.340 e. The molecule has 1 aliphatic heterocycles. The minimum Gasteiger partial charge on any atom is -0.465 e. The average molecular weight is 276 g/mol. The third-order valence-electron chi connectivity index (χ3n) is 3.63. The van der Waals surface area contributed by atoms with Gasteiger partial charge in [0.25, 0.3) is 0 Å². The van der Waals surface area contributed by atoms with Gasteiger partial charge >= 0.3 is 5.97 Å². The molecule has 2 heterocycles. The van der Waals surface area contributed by atoms with Gasteiger partial charge < -0.3 is 15.0 Å². The predicted octanol–water partition coefficient (Wildman–Crippen LogP) is 2.29. The zero-order valence-electron chi connectivity index (χ0n) is 12.3. The maximum Gasteiger partial charge on any atom is 0.340 e. The van der Waals surface area contributed by atoms with Gasteiger partial charge in [0, 0.05) is 35.5 Å². The molecular formula is C15H20N2O3. The number of aromatic nitrogens is 1. The molecule has 3 rings (SSSR count). The Kier molecular flexibility index (Phi) is 3.97. The first-order valence-electron chi connectivity index (χ1n) is 6.94. The van der Waals surface area contributed by atoms with Crippen molar-refractivity contribution in [1.82, 2.24) is 10.3 Å². The molecule has 1 aromatic rings. The first-order valence-corrected chi connectivity index (χ1v) is 6.94. The molecule has 1 aromatic heterocycles. The summed E-state index contributed by atoms with van der Waals surface area (Å²) in [6, 6.07) is 0. The summed E-state index contributed by atoms with van der Waals surface area (Å²) in [5.41, 5.74) is 3.45. The highest BCUT2D eigenvalue weighted by Gasteiger charge is 2.37. The summed E-state index contributed by atoms with van der Waals surface area (Å²) in [5.74, 6) is -0.355. The highest BCUT2D eigenvalue weighted by Crippen LogP contribution is 2.40. The monoisotopic (exact) mass is 276 g/mol. The Balaban J connectivity index is 0.000000704. The number of fused-ring (bicyclic) bond motifs is 3. The fraction of sp³-hybridized carbons (Fsp3) is 0.467. The molecule has 0 spiro atoms. The zero-order valence-corrected chi connectivity index (χ0v) is 12.3. The first-order chi connectivity index (χ1) is 9.63. The van der Waals surface area contributed by atoms with Gasteiger partial charge in [-0.1, -0.05) is 13.8 Å². The molecule has 5 nitrogen and oxygen atoms in total. The van der Waals surface area contributed by atoms with Crippen LogP contribution in [-0.2, 0) is 4.74 Å². The molecule has 20 heavy (non-hydrogen) atoms. The maximum absolute atomic E-state index is 12.0. The van der Waals surface area contributed by atoms with Crippen molar-refractivity contribution in [1.29, 1.82) is 0 Å². The lowest BCUT2D eigenvalue weighted by atomic mass is 9.86. The molecule has 1 fully saturated rings. The second-order valence-corrected chi connectivity index (χ2v) is 4.64. The topological polar surface area (TPSA) is 71.2 Å². The zero-order chi connectivity index (χ0) is 14.9. The van der Waals surface area contributed by atoms with Crippen LogP contribution in [0.1, 0.15) is 58.3 Å². The lowest BCUT2D eigenvalue weighted by Gasteiger charge is -2.18.